The largest absolute Gasteiger partial charge is 0.497 e. The van der Waals surface area contributed by atoms with Crippen molar-refractivity contribution < 1.29 is 28.0 Å². The zero-order chi connectivity index (χ0) is 25.3. The fraction of sp³-hybridized carbons (Fsp3) is 0.458. The average Bonchev–Trinajstić information content (AvgIpc) is 2.80. The number of methoxy groups -OCH3 is 1. The Morgan fingerprint density at radius 1 is 1.00 bits per heavy atom. The lowest BCUT2D eigenvalue weighted by Crippen LogP contribution is -2.32. The smallest absolute Gasteiger partial charge is 0.338 e. The minimum Gasteiger partial charge on any atom is -0.497 e. The monoisotopic (exact) mass is 531 g/mol. The van der Waals surface area contributed by atoms with Crippen molar-refractivity contribution in [2.45, 2.75) is 45.9 Å². The molecule has 2 atom stereocenters. The molecule has 0 heterocycles. The first-order chi connectivity index (χ1) is 16.1. The summed E-state index contributed by atoms with van der Waals surface area (Å²) in [6.45, 7) is 7.33. The second-order valence-corrected chi connectivity index (χ2v) is 10.5. The molecular weight excluding hydrogens is 500 g/mol. The summed E-state index contributed by atoms with van der Waals surface area (Å²) in [5, 5.41) is 1.98. The fourth-order valence-electron chi connectivity index (χ4n) is 3.45. The van der Waals surface area contributed by atoms with Crippen LogP contribution in [-0.4, -0.2) is 37.8 Å². The van der Waals surface area contributed by atoms with Gasteiger partial charge in [0.2, 0.25) is 5.91 Å². The van der Waals surface area contributed by atoms with Gasteiger partial charge in [0, 0.05) is 13.5 Å². The van der Waals surface area contributed by atoms with Crippen LogP contribution >= 0.6 is 30.8 Å². The molecule has 0 fully saturated rings. The molecule has 0 aromatic heterocycles. The Bertz CT molecular complexity index is 978. The topological polar surface area (TPSA) is 74.3 Å². The lowest BCUT2D eigenvalue weighted by Gasteiger charge is -2.30. The van der Waals surface area contributed by atoms with Crippen molar-refractivity contribution in [3.05, 3.63) is 63.6 Å². The predicted octanol–water partition coefficient (Wildman–Crippen LogP) is 7.24. The molecule has 0 aliphatic carbocycles. The molecule has 7 nitrogen and oxygen atoms in total. The van der Waals surface area contributed by atoms with E-state index in [1.807, 2.05) is 31.2 Å². The number of hydrogen-bond acceptors (Lipinski definition) is 6. The van der Waals surface area contributed by atoms with Crippen molar-refractivity contribution >= 4 is 36.7 Å². The van der Waals surface area contributed by atoms with E-state index in [-0.39, 0.29) is 32.1 Å². The quantitative estimate of drug-likeness (QED) is 0.200. The molecule has 0 aliphatic rings. The third kappa shape index (κ3) is 7.70. The van der Waals surface area contributed by atoms with Crippen molar-refractivity contribution in [2.75, 3.05) is 26.9 Å². The van der Waals surface area contributed by atoms with Gasteiger partial charge in [0.05, 0.1) is 36.0 Å². The Labute approximate surface area is 211 Å². The summed E-state index contributed by atoms with van der Waals surface area (Å²) in [5.74, 6) is 0.447. The second kappa shape index (κ2) is 13.5. The maximum absolute atomic E-state index is 13.7. The molecule has 2 unspecified atom stereocenters. The zero-order valence-electron chi connectivity index (χ0n) is 20.1. The minimum absolute atomic E-state index is 0.158. The normalized spacial score (nSPS) is 13.4. The van der Waals surface area contributed by atoms with E-state index < -0.39 is 19.4 Å². The lowest BCUT2D eigenvalue weighted by atomic mass is 10.1. The predicted molar refractivity (Wildman–Crippen MR) is 135 cm³/mol. The Hall–Kier alpha value is -1.60. The van der Waals surface area contributed by atoms with Gasteiger partial charge < -0.3 is 13.8 Å². The van der Waals surface area contributed by atoms with Gasteiger partial charge in [-0.25, -0.2) is 5.06 Å². The zero-order valence-corrected chi connectivity index (χ0v) is 22.5. The SMILES string of the molecule is CCOP(=O)(OCC)C(CCN(OC(C)c1ccc(OC)cc1)C(C)=O)c1ccc(Cl)c(Cl)c1. The van der Waals surface area contributed by atoms with Gasteiger partial charge in [-0.2, -0.15) is 0 Å². The Balaban J connectivity index is 2.27. The fourth-order valence-corrected chi connectivity index (χ4v) is 5.87. The van der Waals surface area contributed by atoms with Crippen LogP contribution in [0.1, 0.15) is 57.0 Å². The van der Waals surface area contributed by atoms with Crippen LogP contribution in [0.5, 0.6) is 5.75 Å². The number of carbonyl (C=O) groups excluding carboxylic acids is 1. The van der Waals surface area contributed by atoms with Crippen LogP contribution in [-0.2, 0) is 23.2 Å². The second-order valence-electron chi connectivity index (χ2n) is 7.50. The van der Waals surface area contributed by atoms with E-state index in [1.54, 1.807) is 39.2 Å². The van der Waals surface area contributed by atoms with E-state index in [0.29, 0.717) is 15.6 Å². The maximum atomic E-state index is 13.7. The maximum Gasteiger partial charge on any atom is 0.338 e. The summed E-state index contributed by atoms with van der Waals surface area (Å²) in [7, 11) is -1.99. The molecule has 34 heavy (non-hydrogen) atoms. The number of carbonyl (C=O) groups is 1. The van der Waals surface area contributed by atoms with Gasteiger partial charge in [-0.3, -0.25) is 14.2 Å². The molecule has 2 aromatic rings. The highest BCUT2D eigenvalue weighted by Crippen LogP contribution is 2.62. The molecule has 0 saturated carbocycles. The first kappa shape index (κ1) is 28.6. The van der Waals surface area contributed by atoms with Gasteiger partial charge in [-0.05, 0) is 62.6 Å². The molecule has 188 valence electrons. The molecule has 0 aliphatic heterocycles. The summed E-state index contributed by atoms with van der Waals surface area (Å²) in [5.41, 5.74) is 0.845. The third-order valence-corrected chi connectivity index (χ3v) is 8.45. The van der Waals surface area contributed by atoms with Crippen molar-refractivity contribution in [2.24, 2.45) is 0 Å². The number of amides is 1. The van der Waals surface area contributed by atoms with Crippen LogP contribution in [0, 0.1) is 0 Å². The van der Waals surface area contributed by atoms with Crippen LogP contribution < -0.4 is 4.74 Å². The minimum atomic E-state index is -3.58. The van der Waals surface area contributed by atoms with E-state index in [9.17, 15) is 9.36 Å². The molecular formula is C24H32Cl2NO6P. The summed E-state index contributed by atoms with van der Waals surface area (Å²) in [4.78, 5) is 18.3. The molecule has 0 N–H and O–H groups in total. The molecule has 2 aromatic carbocycles. The summed E-state index contributed by atoms with van der Waals surface area (Å²) < 4.78 is 30.2. The van der Waals surface area contributed by atoms with Crippen molar-refractivity contribution in [1.29, 1.82) is 0 Å². The van der Waals surface area contributed by atoms with E-state index in [1.165, 1.54) is 12.0 Å². The number of hydrogen-bond donors (Lipinski definition) is 0. The summed E-state index contributed by atoms with van der Waals surface area (Å²) in [6.07, 6.45) is -0.145. The van der Waals surface area contributed by atoms with Gasteiger partial charge in [-0.15, -0.1) is 0 Å². The molecule has 0 radical (unpaired) electrons. The van der Waals surface area contributed by atoms with Crippen LogP contribution in [0.2, 0.25) is 10.0 Å². The molecule has 2 rings (SSSR count). The van der Waals surface area contributed by atoms with Gasteiger partial charge in [-0.1, -0.05) is 41.4 Å². The van der Waals surface area contributed by atoms with E-state index in [4.69, 9.17) is 41.8 Å². The number of ether oxygens (including phenoxy) is 1. The van der Waals surface area contributed by atoms with Gasteiger partial charge in [0.25, 0.3) is 0 Å². The number of rotatable bonds is 13. The molecule has 1 amide bonds. The number of hydroxylamine groups is 2. The Kier molecular flexibility index (Phi) is 11.4. The average molecular weight is 532 g/mol. The molecule has 0 spiro atoms. The van der Waals surface area contributed by atoms with Crippen LogP contribution in [0.25, 0.3) is 0 Å². The number of halogens is 2. The summed E-state index contributed by atoms with van der Waals surface area (Å²) in [6, 6.07) is 12.4. The van der Waals surface area contributed by atoms with Crippen molar-refractivity contribution in [3.8, 4) is 5.75 Å². The van der Waals surface area contributed by atoms with Crippen molar-refractivity contribution in [3.63, 3.8) is 0 Å². The third-order valence-electron chi connectivity index (χ3n) is 5.16. The highest BCUT2D eigenvalue weighted by atomic mass is 35.5. The van der Waals surface area contributed by atoms with Gasteiger partial charge >= 0.3 is 7.60 Å². The van der Waals surface area contributed by atoms with E-state index in [0.717, 1.165) is 11.3 Å². The molecule has 0 bridgehead atoms. The van der Waals surface area contributed by atoms with Crippen LogP contribution in [0.3, 0.4) is 0 Å². The standard InChI is InChI=1S/C24H32Cl2NO6P/c1-6-31-34(29,32-7-2)24(20-10-13-22(25)23(26)16-20)14-15-27(18(4)28)33-17(3)19-8-11-21(30-5)12-9-19/h8-13,16-17,24H,6-7,14-15H2,1-5H3. The Morgan fingerprint density at radius 2 is 1.59 bits per heavy atom. The lowest BCUT2D eigenvalue weighted by molar-refractivity contribution is -0.203. The molecule has 0 saturated heterocycles. The van der Waals surface area contributed by atoms with Gasteiger partial charge in [0.15, 0.2) is 0 Å². The van der Waals surface area contributed by atoms with Crippen molar-refractivity contribution in [1.82, 2.24) is 5.06 Å². The summed E-state index contributed by atoms with van der Waals surface area (Å²) >= 11 is 12.3. The van der Waals surface area contributed by atoms with Gasteiger partial charge in [0.1, 0.15) is 11.9 Å². The van der Waals surface area contributed by atoms with E-state index in [2.05, 4.69) is 0 Å². The first-order valence-corrected chi connectivity index (χ1v) is 13.4. The highest BCUT2D eigenvalue weighted by Gasteiger charge is 2.37. The van der Waals surface area contributed by atoms with E-state index >= 15 is 0 Å². The molecule has 10 heteroatoms. The number of nitrogens with zero attached hydrogens (tertiary/aromatic N) is 1. The first-order valence-electron chi connectivity index (χ1n) is 11.1. The van der Waals surface area contributed by atoms with Crippen LogP contribution in [0.4, 0.5) is 0 Å². The number of benzene rings is 2. The Morgan fingerprint density at radius 3 is 2.09 bits per heavy atom. The van der Waals surface area contributed by atoms with Crippen LogP contribution in [0.15, 0.2) is 42.5 Å². The highest BCUT2D eigenvalue weighted by molar-refractivity contribution is 7.54.